The number of hydrogen-bond acceptors (Lipinski definition) is 3. The van der Waals surface area contributed by atoms with Crippen LogP contribution < -0.4 is 10.2 Å². The van der Waals surface area contributed by atoms with E-state index >= 15 is 0 Å². The van der Waals surface area contributed by atoms with Crippen LogP contribution in [0.1, 0.15) is 38.8 Å². The van der Waals surface area contributed by atoms with E-state index < -0.39 is 0 Å². The van der Waals surface area contributed by atoms with Gasteiger partial charge in [0.05, 0.1) is 6.10 Å². The summed E-state index contributed by atoms with van der Waals surface area (Å²) in [5, 5.41) is 13.5. The van der Waals surface area contributed by atoms with Gasteiger partial charge in [-0.1, -0.05) is 35.8 Å². The van der Waals surface area contributed by atoms with Gasteiger partial charge in [0, 0.05) is 29.3 Å². The van der Waals surface area contributed by atoms with Gasteiger partial charge in [-0.25, -0.2) is 0 Å². The maximum Gasteiger partial charge on any atom is 0.0741 e. The standard InChI is InChI=1S/C16H25BrN2O/c1-4-18-12(3)14-6-5-13(9-15(14)17)19-8-7-11(2)16(20)10-19/h5-6,9,11-12,16,18,20H,4,7-8,10H2,1-3H3. The number of nitrogens with zero attached hydrogens (tertiary/aromatic N) is 1. The third-order valence-electron chi connectivity index (χ3n) is 4.24. The molecule has 0 aliphatic carbocycles. The Labute approximate surface area is 130 Å². The Hall–Kier alpha value is -0.580. The van der Waals surface area contributed by atoms with Gasteiger partial charge in [0.1, 0.15) is 0 Å². The molecule has 0 bridgehead atoms. The molecular weight excluding hydrogens is 316 g/mol. The monoisotopic (exact) mass is 340 g/mol. The fraction of sp³-hybridized carbons (Fsp3) is 0.625. The zero-order valence-corrected chi connectivity index (χ0v) is 14.2. The van der Waals surface area contributed by atoms with Crippen LogP contribution in [0.4, 0.5) is 5.69 Å². The molecule has 1 fully saturated rings. The first kappa shape index (κ1) is 15.8. The van der Waals surface area contributed by atoms with Gasteiger partial charge in [-0.2, -0.15) is 0 Å². The summed E-state index contributed by atoms with van der Waals surface area (Å²) in [5.41, 5.74) is 2.47. The summed E-state index contributed by atoms with van der Waals surface area (Å²) >= 11 is 3.68. The van der Waals surface area contributed by atoms with E-state index in [2.05, 4.69) is 65.1 Å². The molecule has 0 saturated carbocycles. The Bertz CT molecular complexity index is 452. The van der Waals surface area contributed by atoms with E-state index in [-0.39, 0.29) is 6.10 Å². The Kier molecular flexibility index (Phi) is 5.47. The molecule has 3 nitrogen and oxygen atoms in total. The number of hydrogen-bond donors (Lipinski definition) is 2. The van der Waals surface area contributed by atoms with Gasteiger partial charge in [0.2, 0.25) is 0 Å². The lowest BCUT2D eigenvalue weighted by atomic mass is 9.95. The lowest BCUT2D eigenvalue weighted by Gasteiger charge is -2.36. The second kappa shape index (κ2) is 6.92. The molecule has 1 heterocycles. The van der Waals surface area contributed by atoms with Crippen molar-refractivity contribution in [3.8, 4) is 0 Å². The molecule has 1 aromatic carbocycles. The molecule has 1 aliphatic heterocycles. The highest BCUT2D eigenvalue weighted by atomic mass is 79.9. The van der Waals surface area contributed by atoms with Crippen LogP contribution in [0.2, 0.25) is 0 Å². The van der Waals surface area contributed by atoms with Crippen molar-refractivity contribution in [3.63, 3.8) is 0 Å². The van der Waals surface area contributed by atoms with Crippen LogP contribution in [-0.4, -0.2) is 30.8 Å². The first-order chi connectivity index (χ1) is 9.52. The van der Waals surface area contributed by atoms with Crippen molar-refractivity contribution >= 4 is 21.6 Å². The highest BCUT2D eigenvalue weighted by Gasteiger charge is 2.24. The van der Waals surface area contributed by atoms with Crippen LogP contribution in [0.25, 0.3) is 0 Å². The number of nitrogens with one attached hydrogen (secondary N) is 1. The molecule has 1 saturated heterocycles. The molecule has 0 aromatic heterocycles. The minimum Gasteiger partial charge on any atom is -0.391 e. The van der Waals surface area contributed by atoms with E-state index in [1.807, 2.05) is 0 Å². The number of rotatable bonds is 4. The first-order valence-corrected chi connectivity index (χ1v) is 8.28. The molecule has 20 heavy (non-hydrogen) atoms. The molecule has 0 spiro atoms. The summed E-state index contributed by atoms with van der Waals surface area (Å²) in [4.78, 5) is 2.27. The third kappa shape index (κ3) is 3.54. The molecule has 0 amide bonds. The summed E-state index contributed by atoms with van der Waals surface area (Å²) in [7, 11) is 0. The van der Waals surface area contributed by atoms with Crippen molar-refractivity contribution < 1.29 is 5.11 Å². The van der Waals surface area contributed by atoms with E-state index in [0.717, 1.165) is 30.5 Å². The molecule has 3 atom stereocenters. The quantitative estimate of drug-likeness (QED) is 0.882. The van der Waals surface area contributed by atoms with Gasteiger partial charge in [-0.15, -0.1) is 0 Å². The van der Waals surface area contributed by atoms with Crippen LogP contribution in [-0.2, 0) is 0 Å². The molecule has 0 radical (unpaired) electrons. The zero-order chi connectivity index (χ0) is 14.7. The van der Waals surface area contributed by atoms with Gasteiger partial charge in [0.15, 0.2) is 0 Å². The smallest absolute Gasteiger partial charge is 0.0741 e. The minimum absolute atomic E-state index is 0.220. The Morgan fingerprint density at radius 3 is 2.85 bits per heavy atom. The first-order valence-electron chi connectivity index (χ1n) is 7.48. The predicted molar refractivity (Wildman–Crippen MR) is 88.2 cm³/mol. The van der Waals surface area contributed by atoms with Crippen molar-refractivity contribution in [2.75, 3.05) is 24.5 Å². The largest absolute Gasteiger partial charge is 0.391 e. The second-order valence-electron chi connectivity index (χ2n) is 5.76. The Balaban J connectivity index is 2.13. The van der Waals surface area contributed by atoms with Crippen LogP contribution >= 0.6 is 15.9 Å². The minimum atomic E-state index is -0.220. The van der Waals surface area contributed by atoms with Crippen LogP contribution in [0, 0.1) is 5.92 Å². The van der Waals surface area contributed by atoms with E-state index in [1.54, 1.807) is 0 Å². The zero-order valence-electron chi connectivity index (χ0n) is 12.6. The summed E-state index contributed by atoms with van der Waals surface area (Å²) < 4.78 is 1.14. The average Bonchev–Trinajstić information content (AvgIpc) is 2.42. The number of piperidine rings is 1. The summed E-state index contributed by atoms with van der Waals surface area (Å²) in [6.45, 7) is 9.14. The Morgan fingerprint density at radius 1 is 1.50 bits per heavy atom. The van der Waals surface area contributed by atoms with Gasteiger partial charge in [-0.05, 0) is 43.5 Å². The van der Waals surface area contributed by atoms with Crippen LogP contribution in [0.3, 0.4) is 0 Å². The van der Waals surface area contributed by atoms with Gasteiger partial charge < -0.3 is 15.3 Å². The van der Waals surface area contributed by atoms with E-state index in [0.29, 0.717) is 12.0 Å². The Morgan fingerprint density at radius 2 is 2.25 bits per heavy atom. The maximum absolute atomic E-state index is 10.0. The molecule has 1 aliphatic rings. The third-order valence-corrected chi connectivity index (χ3v) is 4.93. The number of aliphatic hydroxyl groups is 1. The van der Waals surface area contributed by atoms with Crippen molar-refractivity contribution in [2.24, 2.45) is 5.92 Å². The average molecular weight is 341 g/mol. The van der Waals surface area contributed by atoms with E-state index in [1.165, 1.54) is 11.3 Å². The van der Waals surface area contributed by atoms with E-state index in [9.17, 15) is 5.11 Å². The highest BCUT2D eigenvalue weighted by Crippen LogP contribution is 2.30. The molecule has 3 unspecified atom stereocenters. The fourth-order valence-corrected chi connectivity index (χ4v) is 3.47. The second-order valence-corrected chi connectivity index (χ2v) is 6.62. The predicted octanol–water partition coefficient (Wildman–Crippen LogP) is 3.33. The number of aliphatic hydroxyl groups excluding tert-OH is 1. The molecule has 2 N–H and O–H groups in total. The normalized spacial score (nSPS) is 24.8. The number of halogens is 1. The molecule has 2 rings (SSSR count). The van der Waals surface area contributed by atoms with Gasteiger partial charge >= 0.3 is 0 Å². The van der Waals surface area contributed by atoms with Crippen LogP contribution in [0.15, 0.2) is 22.7 Å². The molecule has 4 heteroatoms. The number of benzene rings is 1. The fourth-order valence-electron chi connectivity index (χ4n) is 2.76. The molecule has 112 valence electrons. The summed E-state index contributed by atoms with van der Waals surface area (Å²) in [5.74, 6) is 0.405. The van der Waals surface area contributed by atoms with Gasteiger partial charge in [-0.3, -0.25) is 0 Å². The van der Waals surface area contributed by atoms with Crippen molar-refractivity contribution in [3.05, 3.63) is 28.2 Å². The molecular formula is C16H25BrN2O. The summed E-state index contributed by atoms with van der Waals surface area (Å²) in [6, 6.07) is 6.86. The van der Waals surface area contributed by atoms with Crippen molar-refractivity contribution in [1.82, 2.24) is 5.32 Å². The van der Waals surface area contributed by atoms with Crippen LogP contribution in [0.5, 0.6) is 0 Å². The van der Waals surface area contributed by atoms with Crippen molar-refractivity contribution in [2.45, 2.75) is 39.3 Å². The topological polar surface area (TPSA) is 35.5 Å². The number of anilines is 1. The van der Waals surface area contributed by atoms with E-state index in [4.69, 9.17) is 0 Å². The number of β-amino-alcohol motifs (C(OH)–C–C–N with tert-alkyl or cyclic N) is 1. The lowest BCUT2D eigenvalue weighted by molar-refractivity contribution is 0.103. The van der Waals surface area contributed by atoms with Gasteiger partial charge in [0.25, 0.3) is 0 Å². The molecule has 1 aromatic rings. The summed E-state index contributed by atoms with van der Waals surface area (Å²) in [6.07, 6.45) is 0.830. The highest BCUT2D eigenvalue weighted by molar-refractivity contribution is 9.10. The lowest BCUT2D eigenvalue weighted by Crippen LogP contribution is -2.42. The van der Waals surface area contributed by atoms with Crippen molar-refractivity contribution in [1.29, 1.82) is 0 Å². The SMILES string of the molecule is CCNC(C)c1ccc(N2CCC(C)C(O)C2)cc1Br. The maximum atomic E-state index is 10.0.